The lowest BCUT2D eigenvalue weighted by Gasteiger charge is -2.06. The van der Waals surface area contributed by atoms with Crippen LogP contribution in [0.5, 0.6) is 0 Å². The van der Waals surface area contributed by atoms with Gasteiger partial charge in [-0.15, -0.1) is 11.3 Å². The molecule has 4 aromatic rings. The molecule has 24 heavy (non-hydrogen) atoms. The molecule has 0 atom stereocenters. The van der Waals surface area contributed by atoms with E-state index in [1.807, 2.05) is 70.7 Å². The lowest BCUT2D eigenvalue weighted by atomic mass is 10.1. The van der Waals surface area contributed by atoms with Crippen LogP contribution in [0.1, 0.15) is 10.4 Å². The summed E-state index contributed by atoms with van der Waals surface area (Å²) in [4.78, 5) is 17.8. The van der Waals surface area contributed by atoms with Crippen LogP contribution in [-0.4, -0.2) is 15.3 Å². The Bertz CT molecular complexity index is 992. The summed E-state index contributed by atoms with van der Waals surface area (Å²) in [6.45, 7) is 0. The second-order valence-electron chi connectivity index (χ2n) is 5.26. The number of halogens is 1. The number of amides is 1. The molecular formula is C18H12IN3OS. The molecule has 4 rings (SSSR count). The lowest BCUT2D eigenvalue weighted by Crippen LogP contribution is -2.11. The zero-order valence-electron chi connectivity index (χ0n) is 12.4. The number of carbonyl (C=O) groups excluding carboxylic acids is 1. The van der Waals surface area contributed by atoms with Crippen molar-refractivity contribution in [3.63, 3.8) is 0 Å². The summed E-state index contributed by atoms with van der Waals surface area (Å²) < 4.78 is 3.04. The molecule has 0 aliphatic rings. The third kappa shape index (κ3) is 3.07. The molecule has 2 aromatic carbocycles. The predicted octanol–water partition coefficient (Wildman–Crippen LogP) is 4.92. The fraction of sp³-hybridized carbons (Fsp3) is 0. The van der Waals surface area contributed by atoms with Crippen molar-refractivity contribution in [3.8, 4) is 11.3 Å². The second kappa shape index (κ2) is 6.37. The molecule has 118 valence electrons. The first-order chi connectivity index (χ1) is 11.7. The smallest absolute Gasteiger partial charge is 0.255 e. The topological polar surface area (TPSA) is 46.4 Å². The highest BCUT2D eigenvalue weighted by atomic mass is 127. The van der Waals surface area contributed by atoms with E-state index >= 15 is 0 Å². The van der Waals surface area contributed by atoms with Crippen molar-refractivity contribution in [1.82, 2.24) is 9.38 Å². The molecule has 6 heteroatoms. The molecule has 1 amide bonds. The van der Waals surface area contributed by atoms with Crippen LogP contribution < -0.4 is 5.32 Å². The van der Waals surface area contributed by atoms with Crippen LogP contribution in [-0.2, 0) is 0 Å². The Morgan fingerprint density at radius 3 is 2.75 bits per heavy atom. The maximum Gasteiger partial charge on any atom is 0.255 e. The Kier molecular flexibility index (Phi) is 4.07. The Balaban J connectivity index is 1.53. The van der Waals surface area contributed by atoms with Gasteiger partial charge >= 0.3 is 0 Å². The van der Waals surface area contributed by atoms with Crippen molar-refractivity contribution in [2.75, 3.05) is 5.32 Å². The highest BCUT2D eigenvalue weighted by molar-refractivity contribution is 14.1. The van der Waals surface area contributed by atoms with Crippen molar-refractivity contribution >= 4 is 50.5 Å². The minimum atomic E-state index is -0.108. The highest BCUT2D eigenvalue weighted by Gasteiger charge is 2.08. The van der Waals surface area contributed by atoms with Crippen LogP contribution in [0.15, 0.2) is 66.3 Å². The number of benzene rings is 2. The SMILES string of the molecule is O=C(Nc1ccc(-c2cn3ccsc3n2)cc1)c1cccc(I)c1. The maximum atomic E-state index is 12.3. The summed E-state index contributed by atoms with van der Waals surface area (Å²) in [6.07, 6.45) is 4.00. The van der Waals surface area contributed by atoms with Crippen LogP contribution in [0.4, 0.5) is 5.69 Å². The van der Waals surface area contributed by atoms with Crippen LogP contribution >= 0.6 is 33.9 Å². The van der Waals surface area contributed by atoms with E-state index in [9.17, 15) is 4.79 Å². The van der Waals surface area contributed by atoms with Gasteiger partial charge in [-0.05, 0) is 52.9 Å². The first-order valence-corrected chi connectivity index (χ1v) is 9.24. The van der Waals surface area contributed by atoms with Gasteiger partial charge in [0, 0.05) is 38.2 Å². The normalized spacial score (nSPS) is 10.9. The number of thiazole rings is 1. The van der Waals surface area contributed by atoms with Crippen LogP contribution in [0, 0.1) is 3.57 Å². The molecule has 0 saturated heterocycles. The molecule has 2 heterocycles. The van der Waals surface area contributed by atoms with E-state index in [0.717, 1.165) is 25.5 Å². The number of fused-ring (bicyclic) bond motifs is 1. The average molecular weight is 445 g/mol. The molecular weight excluding hydrogens is 433 g/mol. The quantitative estimate of drug-likeness (QED) is 0.455. The molecule has 2 aromatic heterocycles. The Morgan fingerprint density at radius 2 is 2.00 bits per heavy atom. The van der Waals surface area contributed by atoms with Gasteiger partial charge in [0.05, 0.1) is 5.69 Å². The largest absolute Gasteiger partial charge is 0.322 e. The summed E-state index contributed by atoms with van der Waals surface area (Å²) in [5.41, 5.74) is 3.37. The number of hydrogen-bond donors (Lipinski definition) is 1. The average Bonchev–Trinajstić information content (AvgIpc) is 3.17. The third-order valence-electron chi connectivity index (χ3n) is 3.62. The van der Waals surface area contributed by atoms with Crippen molar-refractivity contribution in [2.45, 2.75) is 0 Å². The van der Waals surface area contributed by atoms with Crippen LogP contribution in [0.3, 0.4) is 0 Å². The number of nitrogens with zero attached hydrogens (tertiary/aromatic N) is 2. The van der Waals surface area contributed by atoms with E-state index in [2.05, 4.69) is 32.9 Å². The van der Waals surface area contributed by atoms with Gasteiger partial charge in [-0.25, -0.2) is 4.98 Å². The van der Waals surface area contributed by atoms with Gasteiger partial charge in [0.15, 0.2) is 4.96 Å². The molecule has 0 radical (unpaired) electrons. The molecule has 0 aliphatic carbocycles. The van der Waals surface area contributed by atoms with Gasteiger partial charge in [-0.1, -0.05) is 18.2 Å². The summed E-state index contributed by atoms with van der Waals surface area (Å²) in [6, 6.07) is 15.2. The number of imidazole rings is 1. The summed E-state index contributed by atoms with van der Waals surface area (Å²) in [5, 5.41) is 4.93. The summed E-state index contributed by atoms with van der Waals surface area (Å²) >= 11 is 3.80. The van der Waals surface area contributed by atoms with Gasteiger partial charge in [-0.2, -0.15) is 0 Å². The highest BCUT2D eigenvalue weighted by Crippen LogP contribution is 2.23. The fourth-order valence-corrected chi connectivity index (χ4v) is 3.67. The lowest BCUT2D eigenvalue weighted by molar-refractivity contribution is 0.102. The van der Waals surface area contributed by atoms with E-state index < -0.39 is 0 Å². The predicted molar refractivity (Wildman–Crippen MR) is 106 cm³/mol. The zero-order chi connectivity index (χ0) is 16.5. The van der Waals surface area contributed by atoms with Gasteiger partial charge in [0.25, 0.3) is 5.91 Å². The number of carbonyl (C=O) groups is 1. The number of hydrogen-bond acceptors (Lipinski definition) is 3. The fourth-order valence-electron chi connectivity index (χ4n) is 2.42. The van der Waals surface area contributed by atoms with Gasteiger partial charge < -0.3 is 5.32 Å². The first kappa shape index (κ1) is 15.3. The molecule has 0 fully saturated rings. The van der Waals surface area contributed by atoms with E-state index in [1.54, 1.807) is 11.3 Å². The van der Waals surface area contributed by atoms with Gasteiger partial charge in [0.1, 0.15) is 0 Å². The maximum absolute atomic E-state index is 12.3. The van der Waals surface area contributed by atoms with E-state index in [-0.39, 0.29) is 5.91 Å². The third-order valence-corrected chi connectivity index (χ3v) is 5.06. The molecule has 4 nitrogen and oxygen atoms in total. The molecule has 0 spiro atoms. The molecule has 0 saturated carbocycles. The number of rotatable bonds is 3. The van der Waals surface area contributed by atoms with Gasteiger partial charge in [0.2, 0.25) is 0 Å². The number of aromatic nitrogens is 2. The van der Waals surface area contributed by atoms with Crippen molar-refractivity contribution in [3.05, 3.63) is 75.4 Å². The first-order valence-electron chi connectivity index (χ1n) is 7.28. The number of anilines is 1. The van der Waals surface area contributed by atoms with E-state index in [4.69, 9.17) is 0 Å². The Labute approximate surface area is 156 Å². The van der Waals surface area contributed by atoms with Crippen molar-refractivity contribution in [1.29, 1.82) is 0 Å². The van der Waals surface area contributed by atoms with Crippen molar-refractivity contribution < 1.29 is 4.79 Å². The minimum Gasteiger partial charge on any atom is -0.322 e. The summed E-state index contributed by atoms with van der Waals surface area (Å²) in [7, 11) is 0. The van der Waals surface area contributed by atoms with Crippen molar-refractivity contribution in [2.24, 2.45) is 0 Å². The monoisotopic (exact) mass is 445 g/mol. The van der Waals surface area contributed by atoms with E-state index in [1.165, 1.54) is 0 Å². The molecule has 0 aliphatic heterocycles. The standard InChI is InChI=1S/C18H12IN3OS/c19-14-3-1-2-13(10-14)17(23)20-15-6-4-12(5-7-15)16-11-22-8-9-24-18(22)21-16/h1-11H,(H,20,23). The van der Waals surface area contributed by atoms with Gasteiger partial charge in [-0.3, -0.25) is 9.20 Å². The summed E-state index contributed by atoms with van der Waals surface area (Å²) in [5.74, 6) is -0.108. The molecule has 1 N–H and O–H groups in total. The molecule has 0 bridgehead atoms. The molecule has 0 unspecified atom stereocenters. The second-order valence-corrected chi connectivity index (χ2v) is 7.38. The Hall–Kier alpha value is -2.19. The minimum absolute atomic E-state index is 0.108. The van der Waals surface area contributed by atoms with E-state index in [0.29, 0.717) is 5.56 Å². The van der Waals surface area contributed by atoms with Crippen LogP contribution in [0.2, 0.25) is 0 Å². The number of nitrogens with one attached hydrogen (secondary N) is 1. The van der Waals surface area contributed by atoms with Crippen LogP contribution in [0.25, 0.3) is 16.2 Å². The Morgan fingerprint density at radius 1 is 1.17 bits per heavy atom. The zero-order valence-corrected chi connectivity index (χ0v) is 15.4.